The molecule has 2 rings (SSSR count). The fourth-order valence-corrected chi connectivity index (χ4v) is 2.62. The van der Waals surface area contributed by atoms with E-state index in [9.17, 15) is 4.79 Å². The first-order valence-electron chi connectivity index (χ1n) is 6.63. The maximum absolute atomic E-state index is 10.7. The SMILES string of the molecule is CCN(Cc1ccc(C(=O)O)cn1)C1CCCC1. The first-order chi connectivity index (χ1) is 8.70. The molecule has 98 valence electrons. The van der Waals surface area contributed by atoms with Crippen molar-refractivity contribution in [3.05, 3.63) is 29.6 Å². The lowest BCUT2D eigenvalue weighted by molar-refractivity contribution is 0.0696. The molecule has 0 aromatic carbocycles. The molecule has 0 atom stereocenters. The molecule has 1 aromatic rings. The summed E-state index contributed by atoms with van der Waals surface area (Å²) >= 11 is 0. The molecule has 1 aliphatic rings. The van der Waals surface area contributed by atoms with Crippen LogP contribution in [0, 0.1) is 0 Å². The van der Waals surface area contributed by atoms with Gasteiger partial charge in [0.15, 0.2) is 0 Å². The Morgan fingerprint density at radius 2 is 2.17 bits per heavy atom. The van der Waals surface area contributed by atoms with Gasteiger partial charge in [0, 0.05) is 18.8 Å². The second-order valence-corrected chi connectivity index (χ2v) is 4.84. The lowest BCUT2D eigenvalue weighted by Gasteiger charge is -2.26. The van der Waals surface area contributed by atoms with Crippen molar-refractivity contribution in [2.75, 3.05) is 6.54 Å². The number of nitrogens with zero attached hydrogens (tertiary/aromatic N) is 2. The Labute approximate surface area is 108 Å². The normalized spacial score (nSPS) is 16.3. The molecule has 0 saturated heterocycles. The molecule has 1 N–H and O–H groups in total. The predicted molar refractivity (Wildman–Crippen MR) is 69.5 cm³/mol. The van der Waals surface area contributed by atoms with Crippen molar-refractivity contribution in [2.24, 2.45) is 0 Å². The van der Waals surface area contributed by atoms with Gasteiger partial charge in [0.25, 0.3) is 0 Å². The van der Waals surface area contributed by atoms with E-state index in [-0.39, 0.29) is 5.56 Å². The van der Waals surface area contributed by atoms with E-state index in [1.807, 2.05) is 6.07 Å². The number of carboxylic acid groups (broad SMARTS) is 1. The van der Waals surface area contributed by atoms with Gasteiger partial charge in [-0.2, -0.15) is 0 Å². The number of carboxylic acids is 1. The molecule has 4 heteroatoms. The van der Waals surface area contributed by atoms with E-state index < -0.39 is 5.97 Å². The summed E-state index contributed by atoms with van der Waals surface area (Å²) in [6.07, 6.45) is 6.65. The molecule has 4 nitrogen and oxygen atoms in total. The molecule has 0 radical (unpaired) electrons. The molecule has 1 heterocycles. The monoisotopic (exact) mass is 248 g/mol. The van der Waals surface area contributed by atoms with Crippen LogP contribution in [0.15, 0.2) is 18.3 Å². The van der Waals surface area contributed by atoms with Gasteiger partial charge < -0.3 is 5.11 Å². The van der Waals surface area contributed by atoms with E-state index in [4.69, 9.17) is 5.11 Å². The summed E-state index contributed by atoms with van der Waals surface area (Å²) in [6.45, 7) is 4.01. The number of rotatable bonds is 5. The van der Waals surface area contributed by atoms with Crippen LogP contribution in [0.25, 0.3) is 0 Å². The van der Waals surface area contributed by atoms with Crippen molar-refractivity contribution in [1.29, 1.82) is 0 Å². The molecular formula is C14H20N2O2. The second kappa shape index (κ2) is 5.96. The fraction of sp³-hybridized carbons (Fsp3) is 0.571. The Morgan fingerprint density at radius 1 is 1.44 bits per heavy atom. The number of aromatic carboxylic acids is 1. The third-order valence-corrected chi connectivity index (χ3v) is 3.68. The van der Waals surface area contributed by atoms with Gasteiger partial charge in [0.2, 0.25) is 0 Å². The van der Waals surface area contributed by atoms with Crippen LogP contribution in [0.3, 0.4) is 0 Å². The molecule has 0 bridgehead atoms. The quantitative estimate of drug-likeness (QED) is 0.870. The minimum absolute atomic E-state index is 0.252. The molecule has 0 aliphatic heterocycles. The molecule has 18 heavy (non-hydrogen) atoms. The van der Waals surface area contributed by atoms with Crippen LogP contribution >= 0.6 is 0 Å². The number of hydrogen-bond donors (Lipinski definition) is 1. The fourth-order valence-electron chi connectivity index (χ4n) is 2.62. The van der Waals surface area contributed by atoms with Gasteiger partial charge in [-0.3, -0.25) is 9.88 Å². The molecule has 1 saturated carbocycles. The van der Waals surface area contributed by atoms with Crippen molar-refractivity contribution >= 4 is 5.97 Å². The summed E-state index contributed by atoms with van der Waals surface area (Å²) in [4.78, 5) is 17.4. The standard InChI is InChI=1S/C14H20N2O2/c1-2-16(13-5-3-4-6-13)10-12-8-7-11(9-15-12)14(17)18/h7-9,13H,2-6,10H2,1H3,(H,17,18). The maximum Gasteiger partial charge on any atom is 0.337 e. The van der Waals surface area contributed by atoms with Crippen LogP contribution in [0.1, 0.15) is 48.7 Å². The van der Waals surface area contributed by atoms with Crippen LogP contribution in [-0.2, 0) is 6.54 Å². The van der Waals surface area contributed by atoms with Crippen LogP contribution in [0.5, 0.6) is 0 Å². The highest BCUT2D eigenvalue weighted by Gasteiger charge is 2.21. The minimum Gasteiger partial charge on any atom is -0.478 e. The predicted octanol–water partition coefficient (Wildman–Crippen LogP) is 2.54. The lowest BCUT2D eigenvalue weighted by atomic mass is 10.2. The second-order valence-electron chi connectivity index (χ2n) is 4.84. The smallest absolute Gasteiger partial charge is 0.337 e. The highest BCUT2D eigenvalue weighted by molar-refractivity contribution is 5.87. The van der Waals surface area contributed by atoms with Crippen LogP contribution in [-0.4, -0.2) is 33.5 Å². The van der Waals surface area contributed by atoms with Gasteiger partial charge in [0.05, 0.1) is 11.3 Å². The Balaban J connectivity index is 2.00. The van der Waals surface area contributed by atoms with Gasteiger partial charge >= 0.3 is 5.97 Å². The van der Waals surface area contributed by atoms with E-state index in [2.05, 4.69) is 16.8 Å². The first-order valence-corrected chi connectivity index (χ1v) is 6.63. The lowest BCUT2D eigenvalue weighted by Crippen LogP contribution is -2.32. The van der Waals surface area contributed by atoms with Gasteiger partial charge in [-0.25, -0.2) is 4.79 Å². The highest BCUT2D eigenvalue weighted by Crippen LogP contribution is 2.24. The highest BCUT2D eigenvalue weighted by atomic mass is 16.4. The average Bonchev–Trinajstić information content (AvgIpc) is 2.90. The van der Waals surface area contributed by atoms with Crippen LogP contribution in [0.4, 0.5) is 0 Å². The molecule has 0 spiro atoms. The van der Waals surface area contributed by atoms with E-state index in [1.54, 1.807) is 6.07 Å². The van der Waals surface area contributed by atoms with Gasteiger partial charge in [-0.1, -0.05) is 19.8 Å². The zero-order chi connectivity index (χ0) is 13.0. The van der Waals surface area contributed by atoms with Gasteiger partial charge in [-0.15, -0.1) is 0 Å². The van der Waals surface area contributed by atoms with Crippen molar-refractivity contribution in [3.63, 3.8) is 0 Å². The number of pyridine rings is 1. The van der Waals surface area contributed by atoms with Gasteiger partial charge in [-0.05, 0) is 31.5 Å². The van der Waals surface area contributed by atoms with Gasteiger partial charge in [0.1, 0.15) is 0 Å². The third-order valence-electron chi connectivity index (χ3n) is 3.68. The topological polar surface area (TPSA) is 53.4 Å². The summed E-state index contributed by atoms with van der Waals surface area (Å²) in [5, 5.41) is 8.83. The average molecular weight is 248 g/mol. The van der Waals surface area contributed by atoms with Crippen molar-refractivity contribution < 1.29 is 9.90 Å². The van der Waals surface area contributed by atoms with E-state index >= 15 is 0 Å². The van der Waals surface area contributed by atoms with Crippen LogP contribution in [0.2, 0.25) is 0 Å². The Hall–Kier alpha value is -1.42. The molecule has 0 amide bonds. The maximum atomic E-state index is 10.7. The summed E-state index contributed by atoms with van der Waals surface area (Å²) < 4.78 is 0. The molecule has 1 aliphatic carbocycles. The van der Waals surface area contributed by atoms with E-state index in [0.717, 1.165) is 18.8 Å². The number of aromatic nitrogens is 1. The molecule has 1 aromatic heterocycles. The largest absolute Gasteiger partial charge is 0.478 e. The van der Waals surface area contributed by atoms with Crippen molar-refractivity contribution in [2.45, 2.75) is 45.2 Å². The van der Waals surface area contributed by atoms with E-state index in [0.29, 0.717) is 6.04 Å². The Kier molecular flexibility index (Phi) is 4.31. The first kappa shape index (κ1) is 13.0. The molecular weight excluding hydrogens is 228 g/mol. The van der Waals surface area contributed by atoms with Crippen molar-refractivity contribution in [3.8, 4) is 0 Å². The van der Waals surface area contributed by atoms with Crippen LogP contribution < -0.4 is 0 Å². The summed E-state index contributed by atoms with van der Waals surface area (Å²) in [5.41, 5.74) is 1.21. The zero-order valence-corrected chi connectivity index (χ0v) is 10.8. The summed E-state index contributed by atoms with van der Waals surface area (Å²) in [7, 11) is 0. The molecule has 0 unspecified atom stereocenters. The Morgan fingerprint density at radius 3 is 2.67 bits per heavy atom. The summed E-state index contributed by atoms with van der Waals surface area (Å²) in [6, 6.07) is 4.13. The number of hydrogen-bond acceptors (Lipinski definition) is 3. The van der Waals surface area contributed by atoms with Crippen molar-refractivity contribution in [1.82, 2.24) is 9.88 Å². The van der Waals surface area contributed by atoms with E-state index in [1.165, 1.54) is 31.9 Å². The summed E-state index contributed by atoms with van der Waals surface area (Å²) in [5.74, 6) is -0.919. The Bertz CT molecular complexity index is 397. The third kappa shape index (κ3) is 3.07. The number of carbonyl (C=O) groups is 1. The minimum atomic E-state index is -0.919. The zero-order valence-electron chi connectivity index (χ0n) is 10.8. The molecule has 1 fully saturated rings.